The minimum atomic E-state index is -4.58. The molecule has 0 saturated heterocycles. The molecule has 0 fully saturated rings. The molecule has 122 valence electrons. The SMILES string of the molecule is Cn1cc(C(=O)/C=C/c2cccc(OC(F)(F)C(F)F)c2)cn1. The van der Waals surface area contributed by atoms with Crippen molar-refractivity contribution < 1.29 is 27.1 Å². The van der Waals surface area contributed by atoms with Gasteiger partial charge in [-0.1, -0.05) is 18.2 Å². The van der Waals surface area contributed by atoms with E-state index < -0.39 is 18.3 Å². The van der Waals surface area contributed by atoms with Crippen LogP contribution in [0, 0.1) is 0 Å². The Bertz CT molecular complexity index is 726. The van der Waals surface area contributed by atoms with Crippen molar-refractivity contribution in [3.05, 3.63) is 53.9 Å². The zero-order valence-corrected chi connectivity index (χ0v) is 11.9. The maximum Gasteiger partial charge on any atom is 0.461 e. The smallest absolute Gasteiger partial charge is 0.428 e. The molecule has 0 aliphatic rings. The second-order valence-electron chi connectivity index (χ2n) is 4.64. The summed E-state index contributed by atoms with van der Waals surface area (Å²) in [4.78, 5) is 11.8. The average Bonchev–Trinajstić information content (AvgIpc) is 2.91. The van der Waals surface area contributed by atoms with Gasteiger partial charge in [0.25, 0.3) is 0 Å². The molecule has 0 amide bonds. The summed E-state index contributed by atoms with van der Waals surface area (Å²) in [5.74, 6) is -0.756. The quantitative estimate of drug-likeness (QED) is 0.463. The van der Waals surface area contributed by atoms with Crippen LogP contribution in [0.1, 0.15) is 15.9 Å². The van der Waals surface area contributed by atoms with E-state index in [1.54, 1.807) is 7.05 Å². The number of ketones is 1. The lowest BCUT2D eigenvalue weighted by Gasteiger charge is -2.16. The molecular weight excluding hydrogens is 316 g/mol. The molecule has 1 aromatic heterocycles. The average molecular weight is 328 g/mol. The first kappa shape index (κ1) is 16.7. The van der Waals surface area contributed by atoms with E-state index >= 15 is 0 Å². The van der Waals surface area contributed by atoms with E-state index in [4.69, 9.17) is 0 Å². The van der Waals surface area contributed by atoms with Gasteiger partial charge in [0.2, 0.25) is 0 Å². The molecule has 0 spiro atoms. The molecule has 0 atom stereocenters. The molecule has 0 unspecified atom stereocenters. The van der Waals surface area contributed by atoms with Gasteiger partial charge in [-0.25, -0.2) is 0 Å². The van der Waals surface area contributed by atoms with Gasteiger partial charge in [0.1, 0.15) is 5.75 Å². The van der Waals surface area contributed by atoms with Crippen LogP contribution < -0.4 is 4.74 Å². The van der Waals surface area contributed by atoms with Gasteiger partial charge in [-0.3, -0.25) is 9.48 Å². The molecule has 0 aliphatic carbocycles. The molecule has 1 aromatic carbocycles. The number of aromatic nitrogens is 2. The Labute approximate surface area is 129 Å². The topological polar surface area (TPSA) is 44.1 Å². The first-order valence-electron chi connectivity index (χ1n) is 6.44. The minimum Gasteiger partial charge on any atom is -0.428 e. The fraction of sp³-hybridized carbons (Fsp3) is 0.200. The minimum absolute atomic E-state index is 0.331. The maximum atomic E-state index is 12.8. The van der Waals surface area contributed by atoms with Crippen molar-refractivity contribution in [2.24, 2.45) is 7.05 Å². The Morgan fingerprint density at radius 2 is 2.13 bits per heavy atom. The zero-order valence-electron chi connectivity index (χ0n) is 11.9. The van der Waals surface area contributed by atoms with Crippen LogP contribution in [-0.2, 0) is 7.05 Å². The molecule has 4 nitrogen and oxygen atoms in total. The van der Waals surface area contributed by atoms with E-state index in [1.807, 2.05) is 0 Å². The number of carbonyl (C=O) groups excluding carboxylic acids is 1. The number of nitrogens with zero attached hydrogens (tertiary/aromatic N) is 2. The molecule has 1 heterocycles. The number of hydrogen-bond donors (Lipinski definition) is 0. The standard InChI is InChI=1S/C15H12F4N2O2/c1-21-9-11(8-20-21)13(22)6-5-10-3-2-4-12(7-10)23-15(18,19)14(16)17/h2-9,14H,1H3/b6-5+. The first-order chi connectivity index (χ1) is 10.8. The van der Waals surface area contributed by atoms with Gasteiger partial charge in [0.05, 0.1) is 11.8 Å². The molecular formula is C15H12F4N2O2. The normalized spacial score (nSPS) is 12.1. The third kappa shape index (κ3) is 4.41. The van der Waals surface area contributed by atoms with Crippen LogP contribution in [0.2, 0.25) is 0 Å². The number of halogens is 4. The van der Waals surface area contributed by atoms with E-state index in [-0.39, 0.29) is 5.78 Å². The third-order valence-electron chi connectivity index (χ3n) is 2.78. The second-order valence-corrected chi connectivity index (χ2v) is 4.64. The van der Waals surface area contributed by atoms with Crippen molar-refractivity contribution in [3.63, 3.8) is 0 Å². The summed E-state index contributed by atoms with van der Waals surface area (Å²) in [7, 11) is 1.66. The Hall–Kier alpha value is -2.64. The number of hydrogen-bond acceptors (Lipinski definition) is 3. The number of aryl methyl sites for hydroxylation is 1. The van der Waals surface area contributed by atoms with Crippen LogP contribution in [0.3, 0.4) is 0 Å². The van der Waals surface area contributed by atoms with Crippen LogP contribution in [0.5, 0.6) is 5.75 Å². The maximum absolute atomic E-state index is 12.8. The van der Waals surface area contributed by atoms with Gasteiger partial charge in [-0.2, -0.15) is 22.7 Å². The molecule has 23 heavy (non-hydrogen) atoms. The third-order valence-corrected chi connectivity index (χ3v) is 2.78. The van der Waals surface area contributed by atoms with Crippen LogP contribution in [-0.4, -0.2) is 28.1 Å². The fourth-order valence-electron chi connectivity index (χ4n) is 1.70. The summed E-state index contributed by atoms with van der Waals surface area (Å²) in [5.41, 5.74) is 0.713. The highest BCUT2D eigenvalue weighted by Crippen LogP contribution is 2.28. The molecule has 0 radical (unpaired) electrons. The molecule has 8 heteroatoms. The molecule has 0 N–H and O–H groups in total. The van der Waals surface area contributed by atoms with Crippen LogP contribution in [0.4, 0.5) is 17.6 Å². The number of alkyl halides is 4. The highest BCUT2D eigenvalue weighted by Gasteiger charge is 2.43. The predicted octanol–water partition coefficient (Wildman–Crippen LogP) is 3.55. The first-order valence-corrected chi connectivity index (χ1v) is 6.44. The van der Waals surface area contributed by atoms with Gasteiger partial charge in [-0.15, -0.1) is 0 Å². The lowest BCUT2D eigenvalue weighted by atomic mass is 10.1. The van der Waals surface area contributed by atoms with Crippen molar-refractivity contribution in [1.82, 2.24) is 9.78 Å². The summed E-state index contributed by atoms with van der Waals surface area (Å²) in [6, 6.07) is 5.12. The second kappa shape index (κ2) is 6.64. The lowest BCUT2D eigenvalue weighted by Crippen LogP contribution is -2.33. The van der Waals surface area contributed by atoms with E-state index in [0.717, 1.165) is 12.1 Å². The van der Waals surface area contributed by atoms with E-state index in [0.29, 0.717) is 11.1 Å². The highest BCUT2D eigenvalue weighted by molar-refractivity contribution is 6.06. The summed E-state index contributed by atoms with van der Waals surface area (Å²) in [5, 5.41) is 3.85. The Kier molecular flexibility index (Phi) is 4.83. The molecule has 0 aliphatic heterocycles. The van der Waals surface area contributed by atoms with Gasteiger partial charge in [0, 0.05) is 13.2 Å². The van der Waals surface area contributed by atoms with Crippen LogP contribution in [0.15, 0.2) is 42.7 Å². The van der Waals surface area contributed by atoms with E-state index in [1.165, 1.54) is 41.4 Å². The number of ether oxygens (including phenoxy) is 1. The summed E-state index contributed by atoms with van der Waals surface area (Å²) >= 11 is 0. The lowest BCUT2D eigenvalue weighted by molar-refractivity contribution is -0.253. The van der Waals surface area contributed by atoms with Crippen molar-refractivity contribution >= 4 is 11.9 Å². The fourth-order valence-corrected chi connectivity index (χ4v) is 1.70. The molecule has 0 saturated carbocycles. The van der Waals surface area contributed by atoms with Gasteiger partial charge in [-0.05, 0) is 23.8 Å². The summed E-state index contributed by atoms with van der Waals surface area (Å²) < 4.78 is 55.3. The molecule has 2 aromatic rings. The predicted molar refractivity (Wildman–Crippen MR) is 74.6 cm³/mol. The highest BCUT2D eigenvalue weighted by atomic mass is 19.3. The largest absolute Gasteiger partial charge is 0.461 e. The zero-order chi connectivity index (χ0) is 17.0. The number of benzene rings is 1. The van der Waals surface area contributed by atoms with Crippen molar-refractivity contribution in [2.75, 3.05) is 0 Å². The Morgan fingerprint density at radius 3 is 2.74 bits per heavy atom. The van der Waals surface area contributed by atoms with E-state index in [2.05, 4.69) is 9.84 Å². The summed E-state index contributed by atoms with van der Waals surface area (Å²) in [6.07, 6.45) is -3.02. The van der Waals surface area contributed by atoms with Gasteiger partial charge >= 0.3 is 12.5 Å². The molecule has 2 rings (SSSR count). The van der Waals surface area contributed by atoms with Gasteiger partial charge in [0.15, 0.2) is 5.78 Å². The van der Waals surface area contributed by atoms with Crippen LogP contribution in [0.25, 0.3) is 6.08 Å². The van der Waals surface area contributed by atoms with Crippen molar-refractivity contribution in [1.29, 1.82) is 0 Å². The van der Waals surface area contributed by atoms with Crippen LogP contribution >= 0.6 is 0 Å². The van der Waals surface area contributed by atoms with Gasteiger partial charge < -0.3 is 4.74 Å². The number of carbonyl (C=O) groups is 1. The monoisotopic (exact) mass is 328 g/mol. The Balaban J connectivity index is 2.11. The summed E-state index contributed by atoms with van der Waals surface area (Å²) in [6.45, 7) is 0. The van der Waals surface area contributed by atoms with E-state index in [9.17, 15) is 22.4 Å². The number of allylic oxidation sites excluding steroid dienone is 1. The number of rotatable bonds is 6. The Morgan fingerprint density at radius 1 is 1.39 bits per heavy atom. The van der Waals surface area contributed by atoms with Crippen molar-refractivity contribution in [3.8, 4) is 5.75 Å². The molecule has 0 bridgehead atoms. The van der Waals surface area contributed by atoms with Crippen molar-refractivity contribution in [2.45, 2.75) is 12.5 Å².